The summed E-state index contributed by atoms with van der Waals surface area (Å²) < 4.78 is 4.79. The van der Waals surface area contributed by atoms with Crippen LogP contribution in [0, 0.1) is 0 Å². The van der Waals surface area contributed by atoms with E-state index >= 15 is 0 Å². The molecule has 0 fully saturated rings. The fraction of sp³-hybridized carbons (Fsp3) is 0. The lowest BCUT2D eigenvalue weighted by Gasteiger charge is -2.26. The van der Waals surface area contributed by atoms with Gasteiger partial charge in [0.15, 0.2) is 0 Å². The normalized spacial score (nSPS) is 11.3. The van der Waals surface area contributed by atoms with Crippen molar-refractivity contribution in [3.8, 4) is 33.8 Å². The SMILES string of the molecule is c1ccc(N(c2ccccc2)c2ccc3c(c2)c2cc(N(c4ccccc4)c4ccccc4)ccc2n3-c2cc(-c3cccc(-c4ccncc4)c3)c(-n3c4ccc(N(c5ccccc5)c5ccccc5)cc4c4cc(N(c5ccccc5)c5ccccc5)ccc43)cn2)cc1. The van der Waals surface area contributed by atoms with Crippen LogP contribution >= 0.6 is 0 Å². The molecule has 0 spiro atoms. The third kappa shape index (κ3) is 10.5. The van der Waals surface area contributed by atoms with E-state index in [0.29, 0.717) is 0 Å². The molecule has 8 heteroatoms. The van der Waals surface area contributed by atoms with E-state index in [9.17, 15) is 0 Å². The van der Waals surface area contributed by atoms with E-state index in [4.69, 9.17) is 4.98 Å². The van der Waals surface area contributed by atoms with Crippen molar-refractivity contribution in [2.75, 3.05) is 19.6 Å². The minimum Gasteiger partial charge on any atom is -0.310 e. The number of nitrogens with zero attached hydrogens (tertiary/aromatic N) is 8. The summed E-state index contributed by atoms with van der Waals surface area (Å²) >= 11 is 0. The fourth-order valence-electron chi connectivity index (χ4n) is 13.8. The zero-order valence-electron chi connectivity index (χ0n) is 52.4. The Morgan fingerprint density at radius 3 is 0.823 bits per heavy atom. The van der Waals surface area contributed by atoms with Crippen LogP contribution < -0.4 is 19.6 Å². The van der Waals surface area contributed by atoms with E-state index in [1.54, 1.807) is 0 Å². The highest BCUT2D eigenvalue weighted by molar-refractivity contribution is 6.14. The van der Waals surface area contributed by atoms with Gasteiger partial charge in [-0.3, -0.25) is 9.55 Å². The monoisotopic (exact) mass is 1230 g/mol. The number of fused-ring (bicyclic) bond motifs is 6. The van der Waals surface area contributed by atoms with Gasteiger partial charge >= 0.3 is 0 Å². The van der Waals surface area contributed by atoms with Crippen LogP contribution in [0.5, 0.6) is 0 Å². The summed E-state index contributed by atoms with van der Waals surface area (Å²) in [6, 6.07) is 128. The van der Waals surface area contributed by atoms with E-state index in [1.807, 2.05) is 12.4 Å². The minimum atomic E-state index is 0.780. The quantitative estimate of drug-likeness (QED) is 0.0961. The molecular formula is C88H62N8. The topological polar surface area (TPSA) is 48.6 Å². The van der Waals surface area contributed by atoms with Gasteiger partial charge in [0.1, 0.15) is 5.82 Å². The maximum absolute atomic E-state index is 5.71. The average molecular weight is 1230 g/mol. The van der Waals surface area contributed by atoms with Crippen molar-refractivity contribution in [3.63, 3.8) is 0 Å². The zero-order chi connectivity index (χ0) is 63.7. The fourth-order valence-corrected chi connectivity index (χ4v) is 13.8. The molecule has 0 aliphatic carbocycles. The summed E-state index contributed by atoms with van der Waals surface area (Å²) in [4.78, 5) is 19.5. The van der Waals surface area contributed by atoms with Gasteiger partial charge in [-0.1, -0.05) is 164 Å². The number of aromatic nitrogens is 4. The molecule has 0 saturated carbocycles. The van der Waals surface area contributed by atoms with Gasteiger partial charge in [0.05, 0.1) is 34.0 Å². The molecule has 0 atom stereocenters. The summed E-state index contributed by atoms with van der Waals surface area (Å²) in [6.07, 6.45) is 5.83. The van der Waals surface area contributed by atoms with Crippen LogP contribution in [0.25, 0.3) is 77.4 Å². The predicted molar refractivity (Wildman–Crippen MR) is 400 cm³/mol. The number of pyridine rings is 2. The van der Waals surface area contributed by atoms with Crippen molar-refractivity contribution in [1.82, 2.24) is 19.1 Å². The summed E-state index contributed by atoms with van der Waals surface area (Å²) in [5, 5.41) is 4.36. The standard InChI is InChI=1S/C88H62N8/c1-9-28-66(29-10-1)91(67-30-11-2-12-31-67)74-44-48-83-79(57-74)80-58-75(92(68-32-13-3-14-33-68)69-34-15-4-16-35-69)45-49-84(80)95(83)87-62-90-88(61-78(87)65-27-25-26-64(56-65)63-52-54-89-55-53-63)96-85-50-46-76(93(70-36-17-5-18-37-70)71-38-19-6-20-39-71)59-81(85)82-60-77(47-51-86(82)96)94(72-40-21-7-22-41-72)73-42-23-8-24-43-73/h1-62H. The molecule has 13 aromatic carbocycles. The van der Waals surface area contributed by atoms with Crippen LogP contribution in [-0.2, 0) is 0 Å². The number of hydrogen-bond donors (Lipinski definition) is 0. The molecule has 0 saturated heterocycles. The molecule has 96 heavy (non-hydrogen) atoms. The van der Waals surface area contributed by atoms with Crippen molar-refractivity contribution < 1.29 is 0 Å². The summed E-state index contributed by atoms with van der Waals surface area (Å²) in [7, 11) is 0. The Hall–Kier alpha value is -13.0. The van der Waals surface area contributed by atoms with Crippen molar-refractivity contribution in [2.24, 2.45) is 0 Å². The van der Waals surface area contributed by atoms with Gasteiger partial charge in [-0.2, -0.15) is 0 Å². The highest BCUT2D eigenvalue weighted by Gasteiger charge is 2.26. The van der Waals surface area contributed by atoms with Gasteiger partial charge in [0.25, 0.3) is 0 Å². The van der Waals surface area contributed by atoms with Crippen LogP contribution in [0.1, 0.15) is 0 Å². The van der Waals surface area contributed by atoms with Gasteiger partial charge < -0.3 is 24.2 Å². The first kappa shape index (κ1) is 56.9. The summed E-state index contributed by atoms with van der Waals surface area (Å²) in [5.41, 5.74) is 21.9. The molecule has 17 aromatic rings. The highest BCUT2D eigenvalue weighted by Crippen LogP contribution is 2.47. The Labute approximate surface area is 557 Å². The Morgan fingerprint density at radius 2 is 0.510 bits per heavy atom. The second-order valence-electron chi connectivity index (χ2n) is 23.9. The third-order valence-electron chi connectivity index (χ3n) is 18.1. The molecule has 0 aliphatic rings. The van der Waals surface area contributed by atoms with E-state index in [-0.39, 0.29) is 0 Å². The van der Waals surface area contributed by atoms with Crippen molar-refractivity contribution in [3.05, 3.63) is 377 Å². The van der Waals surface area contributed by atoms with Crippen LogP contribution in [0.4, 0.5) is 68.2 Å². The van der Waals surface area contributed by atoms with Crippen molar-refractivity contribution in [1.29, 1.82) is 0 Å². The van der Waals surface area contributed by atoms with Crippen LogP contribution in [0.15, 0.2) is 377 Å². The van der Waals surface area contributed by atoms with E-state index in [0.717, 1.165) is 146 Å². The highest BCUT2D eigenvalue weighted by atomic mass is 15.2. The van der Waals surface area contributed by atoms with Gasteiger partial charge in [0, 0.05) is 108 Å². The second kappa shape index (κ2) is 24.9. The smallest absolute Gasteiger partial charge is 0.138 e. The molecule has 8 nitrogen and oxygen atoms in total. The lowest BCUT2D eigenvalue weighted by molar-refractivity contribution is 1.06. The van der Waals surface area contributed by atoms with E-state index in [1.165, 1.54) is 0 Å². The van der Waals surface area contributed by atoms with E-state index in [2.05, 4.69) is 398 Å². The Kier molecular flexibility index (Phi) is 14.7. The maximum Gasteiger partial charge on any atom is 0.138 e. The Bertz CT molecular complexity index is 5140. The molecule has 454 valence electrons. The number of benzene rings is 13. The number of para-hydroxylation sites is 8. The first-order valence-electron chi connectivity index (χ1n) is 32.4. The molecule has 0 N–H and O–H groups in total. The first-order valence-corrected chi connectivity index (χ1v) is 32.4. The van der Waals surface area contributed by atoms with Crippen LogP contribution in [-0.4, -0.2) is 19.1 Å². The predicted octanol–water partition coefficient (Wildman–Crippen LogP) is 23.9. The van der Waals surface area contributed by atoms with Gasteiger partial charge in [-0.05, 0) is 211 Å². The molecule has 4 aromatic heterocycles. The lowest BCUT2D eigenvalue weighted by Crippen LogP contribution is -2.09. The molecule has 0 amide bonds. The molecule has 0 radical (unpaired) electrons. The van der Waals surface area contributed by atoms with Gasteiger partial charge in [-0.15, -0.1) is 0 Å². The number of anilines is 12. The van der Waals surface area contributed by atoms with Gasteiger partial charge in [-0.25, -0.2) is 4.98 Å². The lowest BCUT2D eigenvalue weighted by atomic mass is 9.99. The molecule has 0 unspecified atom stereocenters. The third-order valence-corrected chi connectivity index (χ3v) is 18.1. The average Bonchev–Trinajstić information content (AvgIpc) is 1.57. The largest absolute Gasteiger partial charge is 0.310 e. The molecule has 4 heterocycles. The minimum absolute atomic E-state index is 0.780. The summed E-state index contributed by atoms with van der Waals surface area (Å²) in [5.74, 6) is 0.780. The van der Waals surface area contributed by atoms with E-state index < -0.39 is 0 Å². The summed E-state index contributed by atoms with van der Waals surface area (Å²) in [6.45, 7) is 0. The van der Waals surface area contributed by atoms with Crippen LogP contribution in [0.2, 0.25) is 0 Å². The number of hydrogen-bond acceptors (Lipinski definition) is 6. The zero-order valence-corrected chi connectivity index (χ0v) is 52.4. The van der Waals surface area contributed by atoms with Crippen molar-refractivity contribution in [2.45, 2.75) is 0 Å². The molecule has 0 bridgehead atoms. The van der Waals surface area contributed by atoms with Crippen molar-refractivity contribution >= 4 is 112 Å². The number of rotatable bonds is 16. The Morgan fingerprint density at radius 1 is 0.219 bits per heavy atom. The first-order chi connectivity index (χ1) is 47.6. The second-order valence-corrected chi connectivity index (χ2v) is 23.9. The molecule has 17 rings (SSSR count). The molecular weight excluding hydrogens is 1170 g/mol. The van der Waals surface area contributed by atoms with Gasteiger partial charge in [0.2, 0.25) is 0 Å². The maximum atomic E-state index is 5.71. The Balaban J connectivity index is 0.926. The van der Waals surface area contributed by atoms with Crippen LogP contribution in [0.3, 0.4) is 0 Å². The molecule has 0 aliphatic heterocycles.